The summed E-state index contributed by atoms with van der Waals surface area (Å²) in [6, 6.07) is 12.1. The van der Waals surface area contributed by atoms with Gasteiger partial charge in [0.1, 0.15) is 10.8 Å². The Morgan fingerprint density at radius 3 is 2.74 bits per heavy atom. The zero-order chi connectivity index (χ0) is 18.1. The second-order valence-corrected chi connectivity index (χ2v) is 7.52. The first-order valence-electron chi connectivity index (χ1n) is 9.08. The topological polar surface area (TPSA) is 50.7 Å². The van der Waals surface area contributed by atoms with Gasteiger partial charge in [-0.3, -0.25) is 4.90 Å². The average Bonchev–Trinajstić information content (AvgIpc) is 3.38. The number of rotatable bonds is 4. The number of aromatic nitrogens is 2. The van der Waals surface area contributed by atoms with Crippen molar-refractivity contribution < 1.29 is 9.47 Å². The van der Waals surface area contributed by atoms with Crippen LogP contribution in [0.15, 0.2) is 48.0 Å². The van der Waals surface area contributed by atoms with Crippen LogP contribution in [-0.4, -0.2) is 47.8 Å². The van der Waals surface area contributed by atoms with Crippen LogP contribution in [0.3, 0.4) is 0 Å². The van der Waals surface area contributed by atoms with Crippen LogP contribution < -0.4 is 14.4 Å². The van der Waals surface area contributed by atoms with E-state index in [9.17, 15) is 0 Å². The van der Waals surface area contributed by atoms with Crippen molar-refractivity contribution in [2.45, 2.75) is 6.54 Å². The van der Waals surface area contributed by atoms with E-state index in [0.29, 0.717) is 6.79 Å². The summed E-state index contributed by atoms with van der Waals surface area (Å²) in [6.45, 7) is 5.22. The quantitative estimate of drug-likeness (QED) is 0.693. The van der Waals surface area contributed by atoms with Crippen molar-refractivity contribution in [3.05, 3.63) is 53.7 Å². The van der Waals surface area contributed by atoms with Gasteiger partial charge in [-0.15, -0.1) is 11.3 Å². The molecule has 1 fully saturated rings. The third kappa shape index (κ3) is 3.48. The van der Waals surface area contributed by atoms with Gasteiger partial charge in [-0.05, 0) is 30.3 Å². The van der Waals surface area contributed by atoms with E-state index in [1.807, 2.05) is 36.5 Å². The van der Waals surface area contributed by atoms with E-state index >= 15 is 0 Å². The molecule has 4 heterocycles. The summed E-state index contributed by atoms with van der Waals surface area (Å²) in [5.41, 5.74) is 2.20. The highest BCUT2D eigenvalue weighted by atomic mass is 32.1. The van der Waals surface area contributed by atoms with Crippen LogP contribution >= 0.6 is 11.3 Å². The number of ether oxygens (including phenoxy) is 2. The van der Waals surface area contributed by atoms with Gasteiger partial charge < -0.3 is 14.4 Å². The summed E-state index contributed by atoms with van der Waals surface area (Å²) in [5, 5.41) is 3.18. The third-order valence-electron chi connectivity index (χ3n) is 4.90. The highest BCUT2D eigenvalue weighted by Gasteiger charge is 2.19. The zero-order valence-corrected chi connectivity index (χ0v) is 15.7. The van der Waals surface area contributed by atoms with Gasteiger partial charge in [0.25, 0.3) is 0 Å². The molecule has 1 aromatic carbocycles. The third-order valence-corrected chi connectivity index (χ3v) is 5.84. The summed E-state index contributed by atoms with van der Waals surface area (Å²) in [6.07, 6.45) is 1.86. The first kappa shape index (κ1) is 16.5. The number of nitrogens with zero attached hydrogens (tertiary/aromatic N) is 4. The Bertz CT molecular complexity index is 923. The van der Waals surface area contributed by atoms with Crippen LogP contribution in [0.25, 0.3) is 10.6 Å². The van der Waals surface area contributed by atoms with E-state index < -0.39 is 0 Å². The molecular weight excluding hydrogens is 360 g/mol. The molecule has 1 saturated heterocycles. The number of hydrogen-bond acceptors (Lipinski definition) is 7. The van der Waals surface area contributed by atoms with Crippen LogP contribution in [0.1, 0.15) is 5.69 Å². The minimum atomic E-state index is 0.298. The SMILES string of the molecule is c1ccc(N2CCN(Cc3csc(-c4ccc5c(c4)OCO5)n3)CC2)nc1. The van der Waals surface area contributed by atoms with Gasteiger partial charge in [0.05, 0.1) is 5.69 Å². The molecule has 2 aliphatic heterocycles. The van der Waals surface area contributed by atoms with Crippen molar-refractivity contribution in [3.63, 3.8) is 0 Å². The second-order valence-electron chi connectivity index (χ2n) is 6.66. The first-order valence-corrected chi connectivity index (χ1v) is 9.96. The fraction of sp³-hybridized carbons (Fsp3) is 0.300. The molecule has 0 unspecified atom stereocenters. The molecule has 2 aromatic heterocycles. The van der Waals surface area contributed by atoms with Crippen molar-refractivity contribution in [3.8, 4) is 22.1 Å². The average molecular weight is 380 g/mol. The number of piperazine rings is 1. The summed E-state index contributed by atoms with van der Waals surface area (Å²) >= 11 is 1.68. The van der Waals surface area contributed by atoms with Crippen molar-refractivity contribution >= 4 is 17.2 Å². The summed E-state index contributed by atoms with van der Waals surface area (Å²) in [5.74, 6) is 2.67. The highest BCUT2D eigenvalue weighted by Crippen LogP contribution is 2.36. The van der Waals surface area contributed by atoms with Gasteiger partial charge in [-0.2, -0.15) is 0 Å². The Morgan fingerprint density at radius 2 is 1.89 bits per heavy atom. The van der Waals surface area contributed by atoms with Crippen LogP contribution in [0.2, 0.25) is 0 Å². The molecule has 0 bridgehead atoms. The molecule has 0 saturated carbocycles. The lowest BCUT2D eigenvalue weighted by Crippen LogP contribution is -2.46. The number of benzene rings is 1. The molecule has 0 aliphatic carbocycles. The maximum atomic E-state index is 5.47. The van der Waals surface area contributed by atoms with Crippen molar-refractivity contribution in [1.29, 1.82) is 0 Å². The van der Waals surface area contributed by atoms with Crippen molar-refractivity contribution in [2.75, 3.05) is 37.9 Å². The maximum absolute atomic E-state index is 5.47. The number of thiazole rings is 1. The van der Waals surface area contributed by atoms with Gasteiger partial charge in [-0.1, -0.05) is 6.07 Å². The Balaban J connectivity index is 1.22. The minimum absolute atomic E-state index is 0.298. The zero-order valence-electron chi connectivity index (χ0n) is 14.9. The van der Waals surface area contributed by atoms with E-state index in [4.69, 9.17) is 14.5 Å². The smallest absolute Gasteiger partial charge is 0.231 e. The highest BCUT2D eigenvalue weighted by molar-refractivity contribution is 7.13. The largest absolute Gasteiger partial charge is 0.454 e. The van der Waals surface area contributed by atoms with Crippen molar-refractivity contribution in [1.82, 2.24) is 14.9 Å². The standard InChI is InChI=1S/C20H20N4O2S/c1-2-6-21-19(3-1)24-9-7-23(8-10-24)12-16-13-27-20(22-16)15-4-5-17-18(11-15)26-14-25-17/h1-6,11,13H,7-10,12,14H2. The van der Waals surface area contributed by atoms with Crippen LogP contribution in [0.5, 0.6) is 11.5 Å². The molecule has 0 atom stereocenters. The molecule has 0 radical (unpaired) electrons. The molecule has 0 N–H and O–H groups in total. The van der Waals surface area contributed by atoms with E-state index in [1.165, 1.54) is 0 Å². The molecule has 138 valence electrons. The molecule has 0 spiro atoms. The monoisotopic (exact) mass is 380 g/mol. The van der Waals surface area contributed by atoms with E-state index in [1.54, 1.807) is 11.3 Å². The van der Waals surface area contributed by atoms with E-state index in [0.717, 1.165) is 66.3 Å². The predicted molar refractivity (Wildman–Crippen MR) is 105 cm³/mol. The summed E-state index contributed by atoms with van der Waals surface area (Å²) in [7, 11) is 0. The molecule has 2 aliphatic rings. The molecule has 0 amide bonds. The van der Waals surface area contributed by atoms with E-state index in [-0.39, 0.29) is 0 Å². The molecule has 3 aromatic rings. The van der Waals surface area contributed by atoms with Crippen LogP contribution in [0.4, 0.5) is 5.82 Å². The Kier molecular flexibility index (Phi) is 4.39. The molecular formula is C20H20N4O2S. The second kappa shape index (κ2) is 7.17. The van der Waals surface area contributed by atoms with Gasteiger partial charge in [0.2, 0.25) is 6.79 Å². The number of pyridine rings is 1. The predicted octanol–water partition coefficient (Wildman–Crippen LogP) is 3.26. The van der Waals surface area contributed by atoms with Crippen molar-refractivity contribution in [2.24, 2.45) is 0 Å². The Labute approximate surface area is 162 Å². The van der Waals surface area contributed by atoms with Gasteiger partial charge in [0.15, 0.2) is 11.5 Å². The fourth-order valence-electron chi connectivity index (χ4n) is 3.45. The van der Waals surface area contributed by atoms with E-state index in [2.05, 4.69) is 26.2 Å². The normalized spacial score (nSPS) is 16.7. The summed E-state index contributed by atoms with van der Waals surface area (Å²) in [4.78, 5) is 14.1. The molecule has 5 rings (SSSR count). The lowest BCUT2D eigenvalue weighted by Gasteiger charge is -2.35. The molecule has 27 heavy (non-hydrogen) atoms. The minimum Gasteiger partial charge on any atom is -0.454 e. The Morgan fingerprint density at radius 1 is 1.00 bits per heavy atom. The lowest BCUT2D eigenvalue weighted by molar-refractivity contribution is 0.174. The van der Waals surface area contributed by atoms with Crippen LogP contribution in [0, 0.1) is 0 Å². The maximum Gasteiger partial charge on any atom is 0.231 e. The number of anilines is 1. The first-order chi connectivity index (χ1) is 13.3. The number of hydrogen-bond donors (Lipinski definition) is 0. The summed E-state index contributed by atoms with van der Waals surface area (Å²) < 4.78 is 10.9. The fourth-order valence-corrected chi connectivity index (χ4v) is 4.25. The number of fused-ring (bicyclic) bond motifs is 1. The van der Waals surface area contributed by atoms with Gasteiger partial charge in [-0.25, -0.2) is 9.97 Å². The van der Waals surface area contributed by atoms with Gasteiger partial charge in [0, 0.05) is 49.9 Å². The van der Waals surface area contributed by atoms with Crippen LogP contribution in [-0.2, 0) is 6.54 Å². The molecule has 7 heteroatoms. The van der Waals surface area contributed by atoms with Gasteiger partial charge >= 0.3 is 0 Å². The molecule has 6 nitrogen and oxygen atoms in total. The Hall–Kier alpha value is -2.64. The lowest BCUT2D eigenvalue weighted by atomic mass is 10.2.